The van der Waals surface area contributed by atoms with Crippen molar-refractivity contribution in [1.29, 1.82) is 0 Å². The number of carbonyl (C=O) groups is 1. The Balaban J connectivity index is 2.62. The second-order valence-electron chi connectivity index (χ2n) is 4.70. The van der Waals surface area contributed by atoms with Gasteiger partial charge in [-0.15, -0.1) is 0 Å². The van der Waals surface area contributed by atoms with Gasteiger partial charge in [-0.3, -0.25) is 5.10 Å². The zero-order chi connectivity index (χ0) is 14.9. The number of methoxy groups -OCH3 is 1. The number of carboxylic acid groups (broad SMARTS) is 1. The van der Waals surface area contributed by atoms with Crippen LogP contribution in [-0.4, -0.2) is 28.4 Å². The first-order chi connectivity index (χ1) is 9.43. The highest BCUT2D eigenvalue weighted by molar-refractivity contribution is 9.10. The van der Waals surface area contributed by atoms with Crippen molar-refractivity contribution in [1.82, 2.24) is 10.2 Å². The molecule has 0 saturated carbocycles. The molecule has 1 heterocycles. The Kier molecular flexibility index (Phi) is 4.13. The topological polar surface area (TPSA) is 75.2 Å². The van der Waals surface area contributed by atoms with Gasteiger partial charge >= 0.3 is 5.97 Å². The lowest BCUT2D eigenvalue weighted by Crippen LogP contribution is -1.97. The number of H-pyrrole nitrogens is 1. The Morgan fingerprint density at radius 1 is 1.40 bits per heavy atom. The molecule has 20 heavy (non-hydrogen) atoms. The Morgan fingerprint density at radius 2 is 2.10 bits per heavy atom. The minimum Gasteiger partial charge on any atom is -0.496 e. The van der Waals surface area contributed by atoms with Crippen molar-refractivity contribution in [2.24, 2.45) is 0 Å². The number of hydrogen-bond acceptors (Lipinski definition) is 3. The van der Waals surface area contributed by atoms with Crippen LogP contribution in [0.1, 0.15) is 35.8 Å². The Morgan fingerprint density at radius 3 is 2.60 bits per heavy atom. The van der Waals surface area contributed by atoms with Crippen LogP contribution in [0.4, 0.5) is 0 Å². The molecule has 5 nitrogen and oxygen atoms in total. The number of ether oxygens (including phenoxy) is 1. The fourth-order valence-corrected chi connectivity index (χ4v) is 2.51. The van der Waals surface area contributed by atoms with Crippen molar-refractivity contribution in [3.8, 4) is 17.0 Å². The predicted octanol–water partition coefficient (Wildman–Crippen LogP) is 3.67. The van der Waals surface area contributed by atoms with Crippen LogP contribution < -0.4 is 4.74 Å². The predicted molar refractivity (Wildman–Crippen MR) is 79.3 cm³/mol. The Hall–Kier alpha value is -1.82. The van der Waals surface area contributed by atoms with Gasteiger partial charge in [0.1, 0.15) is 11.4 Å². The lowest BCUT2D eigenvalue weighted by atomic mass is 9.97. The highest BCUT2D eigenvalue weighted by Gasteiger charge is 2.18. The van der Waals surface area contributed by atoms with Crippen molar-refractivity contribution < 1.29 is 14.6 Å². The number of aromatic amines is 1. The van der Waals surface area contributed by atoms with Crippen molar-refractivity contribution in [3.63, 3.8) is 0 Å². The molecule has 0 radical (unpaired) electrons. The van der Waals surface area contributed by atoms with Crippen molar-refractivity contribution in [2.75, 3.05) is 7.11 Å². The molecule has 2 N–H and O–H groups in total. The van der Waals surface area contributed by atoms with Crippen LogP contribution in [0.25, 0.3) is 11.3 Å². The maximum Gasteiger partial charge on any atom is 0.353 e. The number of nitrogens with zero attached hydrogens (tertiary/aromatic N) is 1. The fraction of sp³-hybridized carbons (Fsp3) is 0.286. The summed E-state index contributed by atoms with van der Waals surface area (Å²) in [7, 11) is 1.60. The van der Waals surface area contributed by atoms with Gasteiger partial charge in [-0.1, -0.05) is 29.8 Å². The van der Waals surface area contributed by atoms with Crippen molar-refractivity contribution in [3.05, 3.63) is 33.9 Å². The van der Waals surface area contributed by atoms with Gasteiger partial charge in [0.25, 0.3) is 0 Å². The molecule has 2 rings (SSSR count). The van der Waals surface area contributed by atoms with E-state index in [1.807, 2.05) is 12.1 Å². The van der Waals surface area contributed by atoms with Gasteiger partial charge in [-0.05, 0) is 29.7 Å². The molecule has 2 aromatic rings. The third-order valence-corrected chi connectivity index (χ3v) is 3.45. The summed E-state index contributed by atoms with van der Waals surface area (Å²) in [6.07, 6.45) is 0. The summed E-state index contributed by atoms with van der Waals surface area (Å²) in [5.41, 5.74) is 2.39. The summed E-state index contributed by atoms with van der Waals surface area (Å²) >= 11 is 3.47. The minimum atomic E-state index is -1.04. The average Bonchev–Trinajstić information content (AvgIpc) is 2.87. The van der Waals surface area contributed by atoms with Crippen molar-refractivity contribution >= 4 is 21.9 Å². The van der Waals surface area contributed by atoms with Crippen LogP contribution in [0, 0.1) is 0 Å². The Bertz CT molecular complexity index is 650. The number of carboxylic acids is 1. The summed E-state index contributed by atoms with van der Waals surface area (Å²) < 4.78 is 6.39. The molecule has 1 aromatic heterocycles. The van der Waals surface area contributed by atoms with E-state index in [4.69, 9.17) is 9.84 Å². The lowest BCUT2D eigenvalue weighted by Gasteiger charge is -2.15. The molecule has 106 valence electrons. The smallest absolute Gasteiger partial charge is 0.353 e. The highest BCUT2D eigenvalue weighted by Crippen LogP contribution is 2.38. The quantitative estimate of drug-likeness (QED) is 0.891. The third-order valence-electron chi connectivity index (χ3n) is 2.99. The average molecular weight is 339 g/mol. The molecule has 0 amide bonds. The largest absolute Gasteiger partial charge is 0.496 e. The van der Waals surface area contributed by atoms with Gasteiger partial charge in [-0.25, -0.2) is 4.79 Å². The summed E-state index contributed by atoms with van der Waals surface area (Å²) in [6, 6.07) is 5.36. The second-order valence-corrected chi connectivity index (χ2v) is 5.62. The summed E-state index contributed by atoms with van der Waals surface area (Å²) in [4.78, 5) is 10.9. The monoisotopic (exact) mass is 338 g/mol. The number of aromatic nitrogens is 2. The highest BCUT2D eigenvalue weighted by atomic mass is 79.9. The molecule has 0 bridgehead atoms. The van der Waals surface area contributed by atoms with Gasteiger partial charge in [0.05, 0.1) is 12.8 Å². The molecule has 6 heteroatoms. The summed E-state index contributed by atoms with van der Waals surface area (Å²) in [6.45, 7) is 4.14. The first-order valence-corrected chi connectivity index (χ1v) is 6.89. The minimum absolute atomic E-state index is 0.0492. The molecule has 0 atom stereocenters. The lowest BCUT2D eigenvalue weighted by molar-refractivity contribution is 0.0690. The SMILES string of the molecule is COc1c(-c2cc(C(=O)O)[nH]n2)cc(Br)cc1C(C)C. The number of halogens is 1. The van der Waals surface area contributed by atoms with E-state index in [2.05, 4.69) is 40.0 Å². The molecule has 0 unspecified atom stereocenters. The van der Waals surface area contributed by atoms with E-state index >= 15 is 0 Å². The first-order valence-electron chi connectivity index (χ1n) is 6.10. The van der Waals surface area contributed by atoms with E-state index in [0.717, 1.165) is 15.6 Å². The van der Waals surface area contributed by atoms with E-state index in [9.17, 15) is 4.79 Å². The van der Waals surface area contributed by atoms with Crippen molar-refractivity contribution in [2.45, 2.75) is 19.8 Å². The van der Waals surface area contributed by atoms with E-state index in [0.29, 0.717) is 11.4 Å². The maximum atomic E-state index is 10.9. The fourth-order valence-electron chi connectivity index (χ4n) is 2.03. The zero-order valence-corrected chi connectivity index (χ0v) is 13.0. The van der Waals surface area contributed by atoms with Gasteiger partial charge in [-0.2, -0.15) is 5.10 Å². The van der Waals surface area contributed by atoms with Crippen LogP contribution in [0.5, 0.6) is 5.75 Å². The third kappa shape index (κ3) is 2.70. The number of aromatic carboxylic acids is 1. The van der Waals surface area contributed by atoms with Crippen LogP contribution in [0.15, 0.2) is 22.7 Å². The normalized spacial score (nSPS) is 10.8. The molecular weight excluding hydrogens is 324 g/mol. The molecule has 0 fully saturated rings. The molecule has 0 aliphatic heterocycles. The standard InChI is InChI=1S/C14H15BrN2O3/c1-7(2)9-4-8(15)5-10(13(9)20-3)11-6-12(14(18)19)17-16-11/h4-7H,1-3H3,(H,16,17)(H,18,19). The summed E-state index contributed by atoms with van der Waals surface area (Å²) in [5.74, 6) is -0.0486. The van der Waals surface area contributed by atoms with E-state index < -0.39 is 5.97 Å². The first kappa shape index (κ1) is 14.6. The zero-order valence-electron chi connectivity index (χ0n) is 11.4. The number of hydrogen-bond donors (Lipinski definition) is 2. The van der Waals surface area contributed by atoms with Gasteiger partial charge in [0.2, 0.25) is 0 Å². The molecule has 0 aliphatic rings. The maximum absolute atomic E-state index is 10.9. The molecule has 1 aromatic carbocycles. The number of rotatable bonds is 4. The van der Waals surface area contributed by atoms with Gasteiger partial charge < -0.3 is 9.84 Å². The molecular formula is C14H15BrN2O3. The van der Waals surface area contributed by atoms with Crippen LogP contribution in [0.3, 0.4) is 0 Å². The van der Waals surface area contributed by atoms with E-state index in [1.165, 1.54) is 6.07 Å². The Labute approximate surface area is 125 Å². The number of benzene rings is 1. The van der Waals surface area contributed by atoms with E-state index in [1.54, 1.807) is 7.11 Å². The van der Waals surface area contributed by atoms with Gasteiger partial charge in [0, 0.05) is 10.0 Å². The van der Waals surface area contributed by atoms with Gasteiger partial charge in [0.15, 0.2) is 0 Å². The molecule has 0 saturated heterocycles. The molecule has 0 aliphatic carbocycles. The molecule has 0 spiro atoms. The van der Waals surface area contributed by atoms with Crippen LogP contribution in [-0.2, 0) is 0 Å². The van der Waals surface area contributed by atoms with E-state index in [-0.39, 0.29) is 11.6 Å². The second kappa shape index (κ2) is 5.66. The van der Waals surface area contributed by atoms with Crippen LogP contribution >= 0.6 is 15.9 Å². The summed E-state index contributed by atoms with van der Waals surface area (Å²) in [5, 5.41) is 15.5. The van der Waals surface area contributed by atoms with Crippen LogP contribution in [0.2, 0.25) is 0 Å². The number of nitrogens with one attached hydrogen (secondary N) is 1.